The van der Waals surface area contributed by atoms with Gasteiger partial charge in [-0.15, -0.1) is 11.3 Å². The van der Waals surface area contributed by atoms with E-state index in [2.05, 4.69) is 17.6 Å². The summed E-state index contributed by atoms with van der Waals surface area (Å²) in [6, 6.07) is 0. The standard InChI is InChI=1S/C21H30N2O3S2/c1-3-26-20(25)18-15-10-8-13(2)12-16(15)28-19(18)23-21(27)22-17(24)11-9-14-6-4-5-7-14/h13-14H,3-12H2,1-2H3,(H2,22,23,24,27)/t13-/m0/s1. The fraction of sp³-hybridized carbons (Fsp3) is 0.667. The Balaban J connectivity index is 1.64. The second kappa shape index (κ2) is 9.83. The van der Waals surface area contributed by atoms with E-state index in [1.165, 1.54) is 30.6 Å². The van der Waals surface area contributed by atoms with Gasteiger partial charge < -0.3 is 15.4 Å². The van der Waals surface area contributed by atoms with Crippen LogP contribution < -0.4 is 10.6 Å². The van der Waals surface area contributed by atoms with Gasteiger partial charge in [-0.25, -0.2) is 4.79 Å². The zero-order valence-corrected chi connectivity index (χ0v) is 18.4. The number of anilines is 1. The van der Waals surface area contributed by atoms with Gasteiger partial charge in [-0.05, 0) is 62.2 Å². The molecule has 0 radical (unpaired) electrons. The van der Waals surface area contributed by atoms with Crippen LogP contribution in [0.2, 0.25) is 0 Å². The maximum absolute atomic E-state index is 12.5. The predicted octanol–water partition coefficient (Wildman–Crippen LogP) is 4.83. The summed E-state index contributed by atoms with van der Waals surface area (Å²) in [4.78, 5) is 26.0. The largest absolute Gasteiger partial charge is 0.462 e. The van der Waals surface area contributed by atoms with E-state index in [-0.39, 0.29) is 17.0 Å². The molecule has 1 aromatic rings. The number of hydrogen-bond donors (Lipinski definition) is 2. The summed E-state index contributed by atoms with van der Waals surface area (Å²) in [5, 5.41) is 6.82. The lowest BCUT2D eigenvalue weighted by Crippen LogP contribution is -2.34. The van der Waals surface area contributed by atoms with Crippen molar-refractivity contribution in [1.82, 2.24) is 5.32 Å². The lowest BCUT2D eigenvalue weighted by molar-refractivity contribution is -0.119. The third kappa shape index (κ3) is 5.32. The van der Waals surface area contributed by atoms with Gasteiger partial charge in [-0.1, -0.05) is 32.6 Å². The molecule has 154 valence electrons. The molecule has 0 saturated heterocycles. The van der Waals surface area contributed by atoms with Gasteiger partial charge in [0.1, 0.15) is 5.00 Å². The maximum atomic E-state index is 12.5. The second-order valence-electron chi connectivity index (χ2n) is 7.97. The topological polar surface area (TPSA) is 67.4 Å². The third-order valence-electron chi connectivity index (χ3n) is 5.73. The first kappa shape index (κ1) is 21.2. The molecule has 1 heterocycles. The van der Waals surface area contributed by atoms with Crippen molar-refractivity contribution in [1.29, 1.82) is 0 Å². The molecular weight excluding hydrogens is 392 g/mol. The van der Waals surface area contributed by atoms with Crippen LogP contribution >= 0.6 is 23.6 Å². The molecule has 0 spiro atoms. The molecule has 2 aliphatic rings. The fourth-order valence-electron chi connectivity index (χ4n) is 4.22. The molecular formula is C21H30N2O3S2. The Kier molecular flexibility index (Phi) is 7.46. The minimum atomic E-state index is -0.313. The van der Waals surface area contributed by atoms with Gasteiger partial charge in [0, 0.05) is 11.3 Å². The normalized spacial score (nSPS) is 19.1. The van der Waals surface area contributed by atoms with Crippen LogP contribution in [0, 0.1) is 11.8 Å². The number of hydrogen-bond acceptors (Lipinski definition) is 5. The van der Waals surface area contributed by atoms with Crippen molar-refractivity contribution in [3.8, 4) is 0 Å². The van der Waals surface area contributed by atoms with E-state index < -0.39 is 0 Å². The van der Waals surface area contributed by atoms with Crippen molar-refractivity contribution in [2.24, 2.45) is 11.8 Å². The lowest BCUT2D eigenvalue weighted by Gasteiger charge is -2.18. The summed E-state index contributed by atoms with van der Waals surface area (Å²) in [5.41, 5.74) is 1.68. The molecule has 2 aliphatic carbocycles. The van der Waals surface area contributed by atoms with Crippen LogP contribution in [0.5, 0.6) is 0 Å². The van der Waals surface area contributed by atoms with E-state index in [0.29, 0.717) is 35.4 Å². The van der Waals surface area contributed by atoms with Gasteiger partial charge >= 0.3 is 5.97 Å². The molecule has 1 fully saturated rings. The van der Waals surface area contributed by atoms with E-state index in [1.54, 1.807) is 18.3 Å². The van der Waals surface area contributed by atoms with Gasteiger partial charge in [-0.3, -0.25) is 4.79 Å². The van der Waals surface area contributed by atoms with E-state index in [4.69, 9.17) is 17.0 Å². The number of thiocarbonyl (C=S) groups is 1. The molecule has 1 aromatic heterocycles. The monoisotopic (exact) mass is 422 g/mol. The minimum Gasteiger partial charge on any atom is -0.462 e. The number of fused-ring (bicyclic) bond motifs is 1. The molecule has 0 aliphatic heterocycles. The van der Waals surface area contributed by atoms with Crippen LogP contribution in [0.3, 0.4) is 0 Å². The molecule has 1 saturated carbocycles. The van der Waals surface area contributed by atoms with Crippen molar-refractivity contribution in [3.05, 3.63) is 16.0 Å². The van der Waals surface area contributed by atoms with E-state index >= 15 is 0 Å². The number of thiophene rings is 1. The molecule has 5 nitrogen and oxygen atoms in total. The van der Waals surface area contributed by atoms with Crippen LogP contribution in [0.4, 0.5) is 5.00 Å². The summed E-state index contributed by atoms with van der Waals surface area (Å²) < 4.78 is 5.28. The number of rotatable bonds is 6. The molecule has 7 heteroatoms. The second-order valence-corrected chi connectivity index (χ2v) is 9.48. The summed E-state index contributed by atoms with van der Waals surface area (Å²) in [7, 11) is 0. The smallest absolute Gasteiger partial charge is 0.341 e. The molecule has 1 atom stereocenters. The van der Waals surface area contributed by atoms with E-state index in [0.717, 1.165) is 31.2 Å². The summed E-state index contributed by atoms with van der Waals surface area (Å²) in [5.74, 6) is 0.912. The predicted molar refractivity (Wildman–Crippen MR) is 117 cm³/mol. The van der Waals surface area contributed by atoms with Gasteiger partial charge in [0.05, 0.1) is 12.2 Å². The first-order chi connectivity index (χ1) is 13.5. The first-order valence-electron chi connectivity index (χ1n) is 10.4. The van der Waals surface area contributed by atoms with Crippen molar-refractivity contribution >= 4 is 45.5 Å². The highest BCUT2D eigenvalue weighted by atomic mass is 32.1. The van der Waals surface area contributed by atoms with Crippen LogP contribution in [0.1, 0.15) is 79.6 Å². The lowest BCUT2D eigenvalue weighted by atomic mass is 9.88. The average Bonchev–Trinajstić information content (AvgIpc) is 3.26. The van der Waals surface area contributed by atoms with E-state index in [9.17, 15) is 9.59 Å². The number of carbonyl (C=O) groups excluding carboxylic acids is 2. The minimum absolute atomic E-state index is 0.0583. The van der Waals surface area contributed by atoms with Crippen molar-refractivity contribution in [2.75, 3.05) is 11.9 Å². The maximum Gasteiger partial charge on any atom is 0.341 e. The molecule has 28 heavy (non-hydrogen) atoms. The number of esters is 1. The summed E-state index contributed by atoms with van der Waals surface area (Å²) in [6.45, 7) is 4.37. The Labute approximate surface area is 176 Å². The molecule has 3 rings (SSSR count). The molecule has 0 aromatic carbocycles. The number of nitrogens with one attached hydrogen (secondary N) is 2. The molecule has 2 N–H and O–H groups in total. The summed E-state index contributed by atoms with van der Waals surface area (Å²) >= 11 is 6.91. The highest BCUT2D eigenvalue weighted by Gasteiger charge is 2.29. The Morgan fingerprint density at radius 2 is 2.00 bits per heavy atom. The molecule has 0 bridgehead atoms. The van der Waals surface area contributed by atoms with E-state index in [1.807, 2.05) is 0 Å². The van der Waals surface area contributed by atoms with Crippen molar-refractivity contribution < 1.29 is 14.3 Å². The zero-order chi connectivity index (χ0) is 20.1. The number of carbonyl (C=O) groups is 2. The Morgan fingerprint density at radius 1 is 1.25 bits per heavy atom. The SMILES string of the molecule is CCOC(=O)c1c(NC(=S)NC(=O)CCC2CCCC2)sc2c1CC[C@H](C)C2. The fourth-order valence-corrected chi connectivity index (χ4v) is 5.90. The third-order valence-corrected chi connectivity index (χ3v) is 7.10. The Hall–Kier alpha value is -1.47. The number of amides is 1. The first-order valence-corrected chi connectivity index (χ1v) is 11.6. The molecule has 1 amide bonds. The summed E-state index contributed by atoms with van der Waals surface area (Å²) in [6.07, 6.45) is 9.37. The highest BCUT2D eigenvalue weighted by Crippen LogP contribution is 2.40. The van der Waals surface area contributed by atoms with Gasteiger partial charge in [0.2, 0.25) is 5.91 Å². The van der Waals surface area contributed by atoms with Gasteiger partial charge in [0.15, 0.2) is 5.11 Å². The van der Waals surface area contributed by atoms with Gasteiger partial charge in [-0.2, -0.15) is 0 Å². The van der Waals surface area contributed by atoms with Crippen LogP contribution in [-0.4, -0.2) is 23.6 Å². The molecule has 0 unspecified atom stereocenters. The van der Waals surface area contributed by atoms with Gasteiger partial charge in [0.25, 0.3) is 0 Å². The Bertz CT molecular complexity index is 738. The average molecular weight is 423 g/mol. The Morgan fingerprint density at radius 3 is 2.71 bits per heavy atom. The van der Waals surface area contributed by atoms with Crippen LogP contribution in [0.25, 0.3) is 0 Å². The quantitative estimate of drug-likeness (QED) is 0.507. The number of ether oxygens (including phenoxy) is 1. The highest BCUT2D eigenvalue weighted by molar-refractivity contribution is 7.80. The van der Waals surface area contributed by atoms with Crippen LogP contribution in [0.15, 0.2) is 0 Å². The van der Waals surface area contributed by atoms with Crippen LogP contribution in [-0.2, 0) is 22.4 Å². The van der Waals surface area contributed by atoms with Crippen molar-refractivity contribution in [2.45, 2.75) is 71.6 Å². The zero-order valence-electron chi connectivity index (χ0n) is 16.8. The van der Waals surface area contributed by atoms with Crippen molar-refractivity contribution in [3.63, 3.8) is 0 Å².